The first-order valence-electron chi connectivity index (χ1n) is 6.87. The number of benzene rings is 1. The normalized spacial score (nSPS) is 15.0. The average Bonchev–Trinajstić information content (AvgIpc) is 2.83. The van der Waals surface area contributed by atoms with Gasteiger partial charge in [0.1, 0.15) is 0 Å². The van der Waals surface area contributed by atoms with Crippen molar-refractivity contribution in [3.05, 3.63) is 29.3 Å². The van der Waals surface area contributed by atoms with Gasteiger partial charge in [-0.2, -0.15) is 0 Å². The number of fused-ring (bicyclic) bond motifs is 1. The molecule has 5 heteroatoms. The number of rotatable bonds is 4. The number of carbonyl (C=O) groups excluding carboxylic acids is 1. The molecule has 0 spiro atoms. The number of aliphatic imine (C=N–C) groups is 1. The molecule has 1 aliphatic rings. The van der Waals surface area contributed by atoms with Crippen LogP contribution in [0, 0.1) is 5.41 Å². The van der Waals surface area contributed by atoms with Gasteiger partial charge < -0.3 is 16.8 Å². The smallest absolute Gasteiger partial charge is 0.224 e. The number of primary amides is 1. The number of guanidine groups is 1. The van der Waals surface area contributed by atoms with Crippen LogP contribution in [0.5, 0.6) is 0 Å². The predicted molar refractivity (Wildman–Crippen MR) is 81.6 cm³/mol. The van der Waals surface area contributed by atoms with Gasteiger partial charge in [0.25, 0.3) is 0 Å². The monoisotopic (exact) mass is 274 g/mol. The Balaban J connectivity index is 2.01. The molecular formula is C15H22N4O. The van der Waals surface area contributed by atoms with Crippen molar-refractivity contribution in [2.45, 2.75) is 33.1 Å². The summed E-state index contributed by atoms with van der Waals surface area (Å²) in [5.74, 6) is -0.0798. The van der Waals surface area contributed by atoms with Crippen molar-refractivity contribution in [3.63, 3.8) is 0 Å². The summed E-state index contributed by atoms with van der Waals surface area (Å²) >= 11 is 0. The summed E-state index contributed by atoms with van der Waals surface area (Å²) < 4.78 is 0. The van der Waals surface area contributed by atoms with Crippen molar-refractivity contribution < 1.29 is 4.79 Å². The summed E-state index contributed by atoms with van der Waals surface area (Å²) in [6, 6.07) is 6.25. The van der Waals surface area contributed by atoms with Crippen molar-refractivity contribution in [1.82, 2.24) is 0 Å². The molecule has 1 aromatic carbocycles. The third-order valence-corrected chi connectivity index (χ3v) is 3.68. The number of anilines is 1. The Hall–Kier alpha value is -2.04. The first-order chi connectivity index (χ1) is 9.38. The maximum Gasteiger partial charge on any atom is 0.224 e. The summed E-state index contributed by atoms with van der Waals surface area (Å²) in [6.07, 6.45) is 3.50. The Bertz CT molecular complexity index is 549. The molecule has 0 aliphatic heterocycles. The molecule has 1 aromatic rings. The topological polar surface area (TPSA) is 93.5 Å². The zero-order valence-electron chi connectivity index (χ0n) is 12.1. The first kappa shape index (κ1) is 14.4. The lowest BCUT2D eigenvalue weighted by Crippen LogP contribution is -2.35. The lowest BCUT2D eigenvalue weighted by Gasteiger charge is -2.17. The summed E-state index contributed by atoms with van der Waals surface area (Å²) in [7, 11) is 0. The van der Waals surface area contributed by atoms with Gasteiger partial charge in [-0.3, -0.25) is 9.79 Å². The summed E-state index contributed by atoms with van der Waals surface area (Å²) in [5.41, 5.74) is 14.2. The average molecular weight is 274 g/mol. The third-order valence-electron chi connectivity index (χ3n) is 3.68. The zero-order valence-corrected chi connectivity index (χ0v) is 12.1. The number of nitrogens with one attached hydrogen (secondary N) is 1. The van der Waals surface area contributed by atoms with Crippen LogP contribution in [-0.2, 0) is 17.6 Å². The molecule has 108 valence electrons. The van der Waals surface area contributed by atoms with Crippen molar-refractivity contribution >= 4 is 17.6 Å². The number of carbonyl (C=O) groups is 1. The highest BCUT2D eigenvalue weighted by molar-refractivity contribution is 5.92. The van der Waals surface area contributed by atoms with Gasteiger partial charge in [-0.25, -0.2) is 0 Å². The van der Waals surface area contributed by atoms with E-state index in [-0.39, 0.29) is 12.5 Å². The molecular weight excluding hydrogens is 252 g/mol. The molecule has 0 heterocycles. The van der Waals surface area contributed by atoms with Gasteiger partial charge in [-0.15, -0.1) is 0 Å². The molecule has 0 saturated carbocycles. The molecule has 5 N–H and O–H groups in total. The standard InChI is InChI=1S/C15H22N4O/c1-15(2,13(16)20)9-18-14(17)19-12-7-6-10-4-3-5-11(10)8-12/h6-8H,3-5,9H2,1-2H3,(H2,16,20)(H3,17,18,19). The quantitative estimate of drug-likeness (QED) is 0.572. The fourth-order valence-corrected chi connectivity index (χ4v) is 2.20. The molecule has 1 amide bonds. The van der Waals surface area contributed by atoms with Crippen LogP contribution in [0.25, 0.3) is 0 Å². The van der Waals surface area contributed by atoms with Gasteiger partial charge in [0.15, 0.2) is 5.96 Å². The predicted octanol–water partition coefficient (Wildman–Crippen LogP) is 1.41. The third kappa shape index (κ3) is 3.29. The maximum atomic E-state index is 11.2. The molecule has 0 bridgehead atoms. The van der Waals surface area contributed by atoms with Gasteiger partial charge in [0.2, 0.25) is 5.91 Å². The number of nitrogens with zero attached hydrogens (tertiary/aromatic N) is 1. The van der Waals surface area contributed by atoms with E-state index >= 15 is 0 Å². The molecule has 5 nitrogen and oxygen atoms in total. The lowest BCUT2D eigenvalue weighted by atomic mass is 9.93. The second-order valence-corrected chi connectivity index (χ2v) is 5.91. The molecule has 0 atom stereocenters. The first-order valence-corrected chi connectivity index (χ1v) is 6.87. The summed E-state index contributed by atoms with van der Waals surface area (Å²) in [6.45, 7) is 3.77. The van der Waals surface area contributed by atoms with Crippen molar-refractivity contribution in [3.8, 4) is 0 Å². The second-order valence-electron chi connectivity index (χ2n) is 5.91. The Labute approximate surface area is 119 Å². The van der Waals surface area contributed by atoms with Crippen molar-refractivity contribution in [2.75, 3.05) is 11.9 Å². The molecule has 0 unspecified atom stereocenters. The van der Waals surface area contributed by atoms with Gasteiger partial charge in [0.05, 0.1) is 12.0 Å². The maximum absolute atomic E-state index is 11.2. The van der Waals surface area contributed by atoms with Crippen molar-refractivity contribution in [1.29, 1.82) is 0 Å². The van der Waals surface area contributed by atoms with Crippen LogP contribution in [0.4, 0.5) is 5.69 Å². The number of aryl methyl sites for hydroxylation is 2. The van der Waals surface area contributed by atoms with E-state index in [1.165, 1.54) is 17.5 Å². The highest BCUT2D eigenvalue weighted by Crippen LogP contribution is 2.24. The van der Waals surface area contributed by atoms with Gasteiger partial charge >= 0.3 is 0 Å². The van der Waals surface area contributed by atoms with Gasteiger partial charge in [0, 0.05) is 5.69 Å². The Morgan fingerprint density at radius 2 is 2.00 bits per heavy atom. The largest absolute Gasteiger partial charge is 0.370 e. The summed E-state index contributed by atoms with van der Waals surface area (Å²) in [4.78, 5) is 15.4. The number of amides is 1. The van der Waals surface area contributed by atoms with Crippen LogP contribution in [0.3, 0.4) is 0 Å². The second kappa shape index (κ2) is 5.53. The van der Waals surface area contributed by atoms with E-state index in [1.54, 1.807) is 13.8 Å². The van der Waals surface area contributed by atoms with Crippen LogP contribution in [0.15, 0.2) is 23.2 Å². The molecule has 0 fully saturated rings. The van der Waals surface area contributed by atoms with Crippen LogP contribution in [0.1, 0.15) is 31.4 Å². The fraction of sp³-hybridized carbons (Fsp3) is 0.467. The zero-order chi connectivity index (χ0) is 14.8. The van der Waals surface area contributed by atoms with Crippen LogP contribution >= 0.6 is 0 Å². The fourth-order valence-electron chi connectivity index (χ4n) is 2.20. The Kier molecular flexibility index (Phi) is 3.97. The molecule has 20 heavy (non-hydrogen) atoms. The minimum absolute atomic E-state index is 0.270. The van der Waals surface area contributed by atoms with Crippen molar-refractivity contribution in [2.24, 2.45) is 21.9 Å². The Morgan fingerprint density at radius 3 is 2.70 bits per heavy atom. The summed E-state index contributed by atoms with van der Waals surface area (Å²) in [5, 5.41) is 3.06. The molecule has 2 rings (SSSR count). The SMILES string of the molecule is CC(C)(CN=C(N)Nc1ccc2c(c1)CCC2)C(N)=O. The van der Waals surface area contributed by atoms with E-state index in [9.17, 15) is 4.79 Å². The molecule has 0 aromatic heterocycles. The lowest BCUT2D eigenvalue weighted by molar-refractivity contribution is -0.125. The number of hydrogen-bond acceptors (Lipinski definition) is 2. The van der Waals surface area contributed by atoms with Crippen LogP contribution in [0.2, 0.25) is 0 Å². The van der Waals surface area contributed by atoms with Gasteiger partial charge in [-0.05, 0) is 56.4 Å². The Morgan fingerprint density at radius 1 is 1.30 bits per heavy atom. The van der Waals surface area contributed by atoms with E-state index < -0.39 is 5.41 Å². The van der Waals surface area contributed by atoms with E-state index in [0.29, 0.717) is 5.96 Å². The minimum atomic E-state index is -0.690. The van der Waals surface area contributed by atoms with E-state index in [0.717, 1.165) is 18.5 Å². The van der Waals surface area contributed by atoms with E-state index in [4.69, 9.17) is 11.5 Å². The van der Waals surface area contributed by atoms with Crippen LogP contribution < -0.4 is 16.8 Å². The molecule has 0 saturated heterocycles. The molecule has 1 aliphatic carbocycles. The minimum Gasteiger partial charge on any atom is -0.370 e. The highest BCUT2D eigenvalue weighted by Gasteiger charge is 2.24. The highest BCUT2D eigenvalue weighted by atomic mass is 16.1. The van der Waals surface area contributed by atoms with E-state index in [1.807, 2.05) is 6.07 Å². The number of hydrogen-bond donors (Lipinski definition) is 3. The molecule has 0 radical (unpaired) electrons. The van der Waals surface area contributed by atoms with Gasteiger partial charge in [-0.1, -0.05) is 6.07 Å². The van der Waals surface area contributed by atoms with Crippen LogP contribution in [-0.4, -0.2) is 18.4 Å². The van der Waals surface area contributed by atoms with E-state index in [2.05, 4.69) is 22.4 Å². The number of nitrogens with two attached hydrogens (primary N) is 2.